The molecule has 5 heteroatoms. The summed E-state index contributed by atoms with van der Waals surface area (Å²) >= 11 is 0. The number of nitrogens with one attached hydrogen (secondary N) is 1. The lowest BCUT2D eigenvalue weighted by atomic mass is 10.2. The van der Waals surface area contributed by atoms with Gasteiger partial charge in [0.05, 0.1) is 0 Å². The number of carbonyl (C=O) groups excluding carboxylic acids is 3. The molecule has 0 saturated heterocycles. The number of pyridine rings is 1. The molecule has 14 heavy (non-hydrogen) atoms. The highest BCUT2D eigenvalue weighted by Gasteiger charge is 2.07. The summed E-state index contributed by atoms with van der Waals surface area (Å²) in [6, 6.07) is 2.63. The van der Waals surface area contributed by atoms with E-state index in [0.717, 1.165) is 0 Å². The Labute approximate surface area is 80.1 Å². The first-order chi connectivity index (χ1) is 6.71. The molecule has 0 fully saturated rings. The van der Waals surface area contributed by atoms with Crippen LogP contribution >= 0.6 is 0 Å². The molecule has 0 bridgehead atoms. The van der Waals surface area contributed by atoms with Crippen LogP contribution in [-0.2, 0) is 0 Å². The quantitative estimate of drug-likeness (QED) is 0.687. The van der Waals surface area contributed by atoms with Gasteiger partial charge in [-0.15, -0.1) is 0 Å². The van der Waals surface area contributed by atoms with Crippen LogP contribution in [0.1, 0.15) is 31.3 Å². The summed E-state index contributed by atoms with van der Waals surface area (Å²) in [4.78, 5) is 35.8. The summed E-state index contributed by atoms with van der Waals surface area (Å²) in [5.74, 6) is -0.434. The second-order valence-electron chi connectivity index (χ2n) is 2.53. The molecule has 1 aromatic heterocycles. The second kappa shape index (κ2) is 4.27. The Balaban J connectivity index is 3.23. The molecule has 0 atom stereocenters. The van der Waals surface area contributed by atoms with E-state index in [1.807, 2.05) is 0 Å². The fourth-order valence-electron chi connectivity index (χ4n) is 0.947. The van der Waals surface area contributed by atoms with Crippen molar-refractivity contribution in [2.24, 2.45) is 0 Å². The standard InChI is InChI=1S/C9H8N2O3/c1-10-9(14)8-3-6(4-12)2-7(5-13)11-8/h2-5H,1H3,(H,10,14). The van der Waals surface area contributed by atoms with Crippen LogP contribution in [0.15, 0.2) is 12.1 Å². The summed E-state index contributed by atoms with van der Waals surface area (Å²) < 4.78 is 0. The van der Waals surface area contributed by atoms with Gasteiger partial charge in [-0.3, -0.25) is 14.4 Å². The maximum absolute atomic E-state index is 11.1. The minimum Gasteiger partial charge on any atom is -0.354 e. The van der Waals surface area contributed by atoms with Gasteiger partial charge >= 0.3 is 0 Å². The summed E-state index contributed by atoms with van der Waals surface area (Å²) in [7, 11) is 1.44. The van der Waals surface area contributed by atoms with Crippen LogP contribution < -0.4 is 5.32 Å². The van der Waals surface area contributed by atoms with Crippen LogP contribution in [-0.4, -0.2) is 30.5 Å². The van der Waals surface area contributed by atoms with E-state index in [-0.39, 0.29) is 17.0 Å². The van der Waals surface area contributed by atoms with Crippen molar-refractivity contribution in [2.75, 3.05) is 7.05 Å². The van der Waals surface area contributed by atoms with E-state index in [0.29, 0.717) is 12.6 Å². The molecule has 72 valence electrons. The lowest BCUT2D eigenvalue weighted by Gasteiger charge is -2.00. The molecule has 1 N–H and O–H groups in total. The van der Waals surface area contributed by atoms with Gasteiger partial charge in [0, 0.05) is 12.6 Å². The topological polar surface area (TPSA) is 76.1 Å². The summed E-state index contributed by atoms with van der Waals surface area (Å²) in [5.41, 5.74) is 0.369. The van der Waals surface area contributed by atoms with Crippen LogP contribution in [0.4, 0.5) is 0 Å². The fourth-order valence-corrected chi connectivity index (χ4v) is 0.947. The van der Waals surface area contributed by atoms with Crippen molar-refractivity contribution in [1.29, 1.82) is 0 Å². The molecule has 0 aromatic carbocycles. The third kappa shape index (κ3) is 2.01. The molecule has 0 unspecified atom stereocenters. The van der Waals surface area contributed by atoms with E-state index in [9.17, 15) is 14.4 Å². The molecule has 0 radical (unpaired) electrons. The minimum atomic E-state index is -0.434. The average Bonchev–Trinajstić information content (AvgIpc) is 2.27. The zero-order valence-corrected chi connectivity index (χ0v) is 7.48. The molecule has 1 amide bonds. The minimum absolute atomic E-state index is 0.0548. The van der Waals surface area contributed by atoms with E-state index in [2.05, 4.69) is 10.3 Å². The van der Waals surface area contributed by atoms with Gasteiger partial charge in [0.1, 0.15) is 17.7 Å². The molecule has 5 nitrogen and oxygen atoms in total. The van der Waals surface area contributed by atoms with Crippen LogP contribution in [0.2, 0.25) is 0 Å². The lowest BCUT2D eigenvalue weighted by molar-refractivity contribution is 0.0958. The van der Waals surface area contributed by atoms with E-state index in [4.69, 9.17) is 0 Å². The number of hydrogen-bond acceptors (Lipinski definition) is 4. The van der Waals surface area contributed by atoms with Crippen molar-refractivity contribution in [3.63, 3.8) is 0 Å². The lowest BCUT2D eigenvalue weighted by Crippen LogP contribution is -2.20. The summed E-state index contributed by atoms with van der Waals surface area (Å²) in [6.07, 6.45) is 1.04. The monoisotopic (exact) mass is 192 g/mol. The Morgan fingerprint density at radius 2 is 2.07 bits per heavy atom. The number of hydrogen-bond donors (Lipinski definition) is 1. The summed E-state index contributed by atoms with van der Waals surface area (Å²) in [5, 5.41) is 2.35. The largest absolute Gasteiger partial charge is 0.354 e. The van der Waals surface area contributed by atoms with Crippen molar-refractivity contribution in [3.05, 3.63) is 29.1 Å². The third-order valence-electron chi connectivity index (χ3n) is 1.58. The number of nitrogens with zero attached hydrogens (tertiary/aromatic N) is 1. The Morgan fingerprint density at radius 3 is 2.57 bits per heavy atom. The molecule has 0 aliphatic rings. The first-order valence-corrected chi connectivity index (χ1v) is 3.85. The first-order valence-electron chi connectivity index (χ1n) is 3.85. The number of aldehydes is 2. The van der Waals surface area contributed by atoms with Gasteiger partial charge in [-0.1, -0.05) is 0 Å². The maximum Gasteiger partial charge on any atom is 0.269 e. The highest BCUT2D eigenvalue weighted by Crippen LogP contribution is 2.02. The van der Waals surface area contributed by atoms with Crippen molar-refractivity contribution in [1.82, 2.24) is 10.3 Å². The van der Waals surface area contributed by atoms with Crippen LogP contribution in [0.3, 0.4) is 0 Å². The van der Waals surface area contributed by atoms with Gasteiger partial charge in [-0.25, -0.2) is 4.98 Å². The predicted octanol–water partition coefficient (Wildman–Crippen LogP) is 0.0662. The highest BCUT2D eigenvalue weighted by atomic mass is 16.2. The predicted molar refractivity (Wildman–Crippen MR) is 48.4 cm³/mol. The smallest absolute Gasteiger partial charge is 0.269 e. The first kappa shape index (κ1) is 10.0. The molecule has 1 heterocycles. The van der Waals surface area contributed by atoms with Crippen LogP contribution in [0, 0.1) is 0 Å². The third-order valence-corrected chi connectivity index (χ3v) is 1.58. The van der Waals surface area contributed by atoms with Crippen LogP contribution in [0.25, 0.3) is 0 Å². The zero-order valence-electron chi connectivity index (χ0n) is 7.48. The van der Waals surface area contributed by atoms with Crippen molar-refractivity contribution in [2.45, 2.75) is 0 Å². The van der Waals surface area contributed by atoms with Gasteiger partial charge in [0.2, 0.25) is 0 Å². The Hall–Kier alpha value is -2.04. The molecule has 0 spiro atoms. The van der Waals surface area contributed by atoms with Crippen molar-refractivity contribution < 1.29 is 14.4 Å². The maximum atomic E-state index is 11.1. The van der Waals surface area contributed by atoms with Gasteiger partial charge in [0.15, 0.2) is 6.29 Å². The molecule has 1 rings (SSSR count). The van der Waals surface area contributed by atoms with Gasteiger partial charge in [-0.2, -0.15) is 0 Å². The van der Waals surface area contributed by atoms with Crippen molar-refractivity contribution >= 4 is 18.5 Å². The second-order valence-corrected chi connectivity index (χ2v) is 2.53. The van der Waals surface area contributed by atoms with E-state index >= 15 is 0 Å². The number of amides is 1. The molecular formula is C9H8N2O3. The molecular weight excluding hydrogens is 184 g/mol. The van der Waals surface area contributed by atoms with E-state index < -0.39 is 5.91 Å². The number of aromatic nitrogens is 1. The Bertz CT molecular complexity index is 361. The fraction of sp³-hybridized carbons (Fsp3) is 0.111. The molecule has 0 aliphatic carbocycles. The van der Waals surface area contributed by atoms with Gasteiger partial charge in [0.25, 0.3) is 5.91 Å². The molecule has 0 aliphatic heterocycles. The molecule has 0 saturated carbocycles. The highest BCUT2D eigenvalue weighted by molar-refractivity contribution is 5.94. The zero-order chi connectivity index (χ0) is 10.6. The van der Waals surface area contributed by atoms with E-state index in [1.54, 1.807) is 0 Å². The summed E-state index contributed by atoms with van der Waals surface area (Å²) in [6.45, 7) is 0. The van der Waals surface area contributed by atoms with Gasteiger partial charge in [-0.05, 0) is 12.1 Å². The number of carbonyl (C=O) groups is 3. The van der Waals surface area contributed by atoms with Crippen molar-refractivity contribution in [3.8, 4) is 0 Å². The van der Waals surface area contributed by atoms with E-state index in [1.165, 1.54) is 19.2 Å². The Morgan fingerprint density at radius 1 is 1.36 bits per heavy atom. The average molecular weight is 192 g/mol. The van der Waals surface area contributed by atoms with Gasteiger partial charge < -0.3 is 5.32 Å². The normalized spacial score (nSPS) is 9.21. The Kier molecular flexibility index (Phi) is 3.06. The molecule has 1 aromatic rings. The number of rotatable bonds is 3. The van der Waals surface area contributed by atoms with Crippen LogP contribution in [0.5, 0.6) is 0 Å². The SMILES string of the molecule is CNC(=O)c1cc(C=O)cc(C=O)n1.